The summed E-state index contributed by atoms with van der Waals surface area (Å²) in [6.07, 6.45) is 5.00. The maximum atomic E-state index is 13.5. The molecule has 2 N–H and O–H groups in total. The maximum Gasteiger partial charge on any atom is 0.275 e. The molecule has 32 heavy (non-hydrogen) atoms. The molecule has 9 heteroatoms. The molecule has 0 bridgehead atoms. The van der Waals surface area contributed by atoms with Crippen molar-refractivity contribution in [2.24, 2.45) is 5.10 Å². The zero-order valence-electron chi connectivity index (χ0n) is 17.5. The average molecular weight is 430 g/mol. The Balaban J connectivity index is 1.39. The van der Waals surface area contributed by atoms with Gasteiger partial charge in [0.2, 0.25) is 5.91 Å². The number of hydrogen-bond donors (Lipinski definition) is 2. The zero-order valence-corrected chi connectivity index (χ0v) is 17.5. The molecule has 9 nitrogen and oxygen atoms in total. The van der Waals surface area contributed by atoms with Crippen molar-refractivity contribution in [3.05, 3.63) is 65.6 Å². The lowest BCUT2D eigenvalue weighted by Gasteiger charge is -2.48. The molecule has 0 radical (unpaired) electrons. The second-order valence-corrected chi connectivity index (χ2v) is 8.07. The molecular formula is C23H22N6O3. The number of carbonyl (C=O) groups excluding carboxylic acids is 3. The summed E-state index contributed by atoms with van der Waals surface area (Å²) in [7, 11) is 0. The van der Waals surface area contributed by atoms with Crippen LogP contribution in [-0.2, 0) is 32.9 Å². The van der Waals surface area contributed by atoms with Gasteiger partial charge in [0.15, 0.2) is 5.54 Å². The Morgan fingerprint density at radius 3 is 2.84 bits per heavy atom. The number of aromatic nitrogens is 2. The number of benzene rings is 1. The number of para-hydroxylation sites is 1. The molecule has 1 saturated heterocycles. The first-order chi connectivity index (χ1) is 15.5. The van der Waals surface area contributed by atoms with Crippen LogP contribution in [0, 0.1) is 0 Å². The Morgan fingerprint density at radius 1 is 1.25 bits per heavy atom. The second-order valence-electron chi connectivity index (χ2n) is 8.07. The fraction of sp³-hybridized carbons (Fsp3) is 0.261. The third-order valence-electron chi connectivity index (χ3n) is 6.19. The van der Waals surface area contributed by atoms with Gasteiger partial charge in [-0.1, -0.05) is 18.2 Å². The predicted octanol–water partition coefficient (Wildman–Crippen LogP) is 1.31. The van der Waals surface area contributed by atoms with E-state index in [9.17, 15) is 14.4 Å². The van der Waals surface area contributed by atoms with Gasteiger partial charge >= 0.3 is 0 Å². The van der Waals surface area contributed by atoms with Crippen LogP contribution in [0.3, 0.4) is 0 Å². The quantitative estimate of drug-likeness (QED) is 0.608. The lowest BCUT2D eigenvalue weighted by atomic mass is 9.83. The number of rotatable bonds is 4. The summed E-state index contributed by atoms with van der Waals surface area (Å²) in [5, 5.41) is 8.92. The number of hydrogen-bond acceptors (Lipinski definition) is 5. The molecule has 0 aliphatic carbocycles. The molecule has 2 aliphatic rings. The molecule has 5 rings (SSSR count). The van der Waals surface area contributed by atoms with E-state index in [1.54, 1.807) is 36.4 Å². The van der Waals surface area contributed by atoms with Crippen LogP contribution in [0.5, 0.6) is 0 Å². The van der Waals surface area contributed by atoms with Gasteiger partial charge in [-0.25, -0.2) is 5.01 Å². The van der Waals surface area contributed by atoms with Gasteiger partial charge < -0.3 is 15.2 Å². The summed E-state index contributed by atoms with van der Waals surface area (Å²) in [5.41, 5.74) is 2.37. The number of fused-ring (bicyclic) bond motifs is 5. The Kier molecular flexibility index (Phi) is 4.73. The van der Waals surface area contributed by atoms with E-state index in [-0.39, 0.29) is 18.4 Å². The van der Waals surface area contributed by atoms with Gasteiger partial charge in [0.1, 0.15) is 12.8 Å². The molecule has 0 unspecified atom stereocenters. The maximum absolute atomic E-state index is 13.5. The van der Waals surface area contributed by atoms with Gasteiger partial charge in [-0.05, 0) is 42.7 Å². The third-order valence-corrected chi connectivity index (χ3v) is 6.19. The minimum atomic E-state index is -1.20. The molecule has 162 valence electrons. The topological polar surface area (TPSA) is 111 Å². The summed E-state index contributed by atoms with van der Waals surface area (Å²) in [4.78, 5) is 47.5. The van der Waals surface area contributed by atoms with E-state index in [2.05, 4.69) is 20.4 Å². The Labute approximate surface area is 184 Å². The summed E-state index contributed by atoms with van der Waals surface area (Å²) >= 11 is 0. The minimum Gasteiger partial charge on any atom is -0.356 e. The summed E-state index contributed by atoms with van der Waals surface area (Å²) in [5.74, 6) is -1.00. The number of piperazine rings is 1. The average Bonchev–Trinajstić information content (AvgIpc) is 3.20. The lowest BCUT2D eigenvalue weighted by molar-refractivity contribution is -0.165. The molecule has 2 aliphatic heterocycles. The molecule has 1 aromatic carbocycles. The zero-order chi connectivity index (χ0) is 22.3. The van der Waals surface area contributed by atoms with Crippen molar-refractivity contribution >= 4 is 34.8 Å². The molecular weight excluding hydrogens is 408 g/mol. The molecule has 1 fully saturated rings. The second kappa shape index (κ2) is 7.60. The monoisotopic (exact) mass is 430 g/mol. The number of hydrazone groups is 1. The third kappa shape index (κ3) is 3.13. The van der Waals surface area contributed by atoms with E-state index >= 15 is 0 Å². The van der Waals surface area contributed by atoms with Crippen molar-refractivity contribution in [1.82, 2.24) is 25.2 Å². The highest BCUT2D eigenvalue weighted by molar-refractivity contribution is 6.26. The van der Waals surface area contributed by atoms with Crippen molar-refractivity contribution in [2.75, 3.05) is 13.1 Å². The van der Waals surface area contributed by atoms with E-state index in [0.29, 0.717) is 25.2 Å². The van der Waals surface area contributed by atoms with E-state index < -0.39 is 11.4 Å². The highest BCUT2D eigenvalue weighted by atomic mass is 16.2. The summed E-state index contributed by atoms with van der Waals surface area (Å²) in [6.45, 7) is 2.31. The summed E-state index contributed by atoms with van der Waals surface area (Å²) < 4.78 is 0. The molecule has 3 amide bonds. The minimum absolute atomic E-state index is 0.196. The van der Waals surface area contributed by atoms with Crippen LogP contribution < -0.4 is 5.32 Å². The van der Waals surface area contributed by atoms with Crippen LogP contribution in [-0.4, -0.2) is 56.9 Å². The highest BCUT2D eigenvalue weighted by Gasteiger charge is 2.54. The number of nitrogens with one attached hydrogen (secondary N) is 2. The Bertz CT molecular complexity index is 1250. The number of H-pyrrole nitrogens is 1. The molecule has 4 heterocycles. The normalized spacial score (nSPS) is 20.5. The van der Waals surface area contributed by atoms with Crippen LogP contribution in [0.1, 0.15) is 23.7 Å². The van der Waals surface area contributed by atoms with Crippen molar-refractivity contribution in [3.63, 3.8) is 0 Å². The van der Waals surface area contributed by atoms with Crippen molar-refractivity contribution in [3.8, 4) is 0 Å². The van der Waals surface area contributed by atoms with Gasteiger partial charge in [0.25, 0.3) is 11.8 Å². The van der Waals surface area contributed by atoms with Crippen LogP contribution in [0.4, 0.5) is 0 Å². The first kappa shape index (κ1) is 19.9. The van der Waals surface area contributed by atoms with Crippen molar-refractivity contribution in [1.29, 1.82) is 0 Å². The first-order valence-electron chi connectivity index (χ1n) is 10.4. The first-order valence-corrected chi connectivity index (χ1v) is 10.4. The van der Waals surface area contributed by atoms with Crippen LogP contribution in [0.15, 0.2) is 53.9 Å². The Hall–Kier alpha value is -4.01. The van der Waals surface area contributed by atoms with Gasteiger partial charge in [0, 0.05) is 36.4 Å². The van der Waals surface area contributed by atoms with Crippen LogP contribution in [0.25, 0.3) is 10.9 Å². The van der Waals surface area contributed by atoms with E-state index in [1.807, 2.05) is 24.3 Å². The van der Waals surface area contributed by atoms with E-state index in [1.165, 1.54) is 0 Å². The van der Waals surface area contributed by atoms with Crippen molar-refractivity contribution < 1.29 is 14.4 Å². The van der Waals surface area contributed by atoms with Crippen LogP contribution in [0.2, 0.25) is 0 Å². The van der Waals surface area contributed by atoms with Gasteiger partial charge in [-0.3, -0.25) is 19.4 Å². The lowest BCUT2D eigenvalue weighted by Crippen LogP contribution is -2.65. The SMILES string of the molecule is C[C@]12C(=O)N(/N=C\C(=O)NCc3ccncc3)CC(=O)N1CCc1c2[nH]c2ccccc12. The number of nitrogens with zero attached hydrogens (tertiary/aromatic N) is 4. The molecule has 0 spiro atoms. The number of carbonyl (C=O) groups is 3. The van der Waals surface area contributed by atoms with Gasteiger partial charge in [-0.15, -0.1) is 0 Å². The summed E-state index contributed by atoms with van der Waals surface area (Å²) in [6, 6.07) is 11.4. The number of pyridine rings is 1. The fourth-order valence-corrected chi connectivity index (χ4v) is 4.54. The van der Waals surface area contributed by atoms with Crippen molar-refractivity contribution in [2.45, 2.75) is 25.4 Å². The van der Waals surface area contributed by atoms with Gasteiger partial charge in [-0.2, -0.15) is 5.10 Å². The van der Waals surface area contributed by atoms with E-state index in [0.717, 1.165) is 33.3 Å². The largest absolute Gasteiger partial charge is 0.356 e. The highest BCUT2D eigenvalue weighted by Crippen LogP contribution is 2.41. The fourth-order valence-electron chi connectivity index (χ4n) is 4.54. The van der Waals surface area contributed by atoms with Gasteiger partial charge in [0.05, 0.1) is 5.69 Å². The van der Waals surface area contributed by atoms with E-state index in [4.69, 9.17) is 0 Å². The Morgan fingerprint density at radius 2 is 2.03 bits per heavy atom. The predicted molar refractivity (Wildman–Crippen MR) is 117 cm³/mol. The number of amides is 3. The standard InChI is InChI=1S/C23H22N6O3/c1-23-21-17(16-4-2-3-5-18(16)27-21)8-11-28(23)20(31)14-29(22(23)32)26-13-19(30)25-12-15-6-9-24-10-7-15/h2-7,9-10,13,27H,8,11-12,14H2,1H3,(H,25,30)/b26-13-/t23-/m0/s1. The molecule has 3 aromatic rings. The van der Waals surface area contributed by atoms with Crippen LogP contribution >= 0.6 is 0 Å². The molecule has 0 saturated carbocycles. The molecule has 2 aromatic heterocycles. The number of aromatic amines is 1. The molecule has 1 atom stereocenters. The smallest absolute Gasteiger partial charge is 0.275 e.